The van der Waals surface area contributed by atoms with E-state index in [2.05, 4.69) is 14.9 Å². The molecular formula is C16H21N5O4S. The lowest BCUT2D eigenvalue weighted by Crippen LogP contribution is -2.50. The van der Waals surface area contributed by atoms with E-state index in [9.17, 15) is 18.0 Å². The predicted molar refractivity (Wildman–Crippen MR) is 95.6 cm³/mol. The van der Waals surface area contributed by atoms with Crippen molar-refractivity contribution in [3.8, 4) is 0 Å². The molecule has 1 aliphatic heterocycles. The highest BCUT2D eigenvalue weighted by Crippen LogP contribution is 2.16. The first kappa shape index (κ1) is 18.5. The smallest absolute Gasteiger partial charge is 0.310 e. The fourth-order valence-electron chi connectivity index (χ4n) is 3.06. The Morgan fingerprint density at radius 2 is 1.73 bits per heavy atom. The first-order valence-electron chi connectivity index (χ1n) is 8.32. The van der Waals surface area contributed by atoms with Gasteiger partial charge in [0, 0.05) is 50.8 Å². The zero-order valence-corrected chi connectivity index (χ0v) is 15.3. The Labute approximate surface area is 150 Å². The summed E-state index contributed by atoms with van der Waals surface area (Å²) in [5.41, 5.74) is -0.358. The number of nitrogens with zero attached hydrogens (tertiary/aromatic N) is 3. The zero-order valence-electron chi connectivity index (χ0n) is 14.4. The Balaban J connectivity index is 1.66. The van der Waals surface area contributed by atoms with Gasteiger partial charge in [0.2, 0.25) is 10.0 Å². The van der Waals surface area contributed by atoms with Gasteiger partial charge < -0.3 is 9.88 Å². The summed E-state index contributed by atoms with van der Waals surface area (Å²) >= 11 is 0. The molecule has 10 heteroatoms. The summed E-state index contributed by atoms with van der Waals surface area (Å²) in [5.74, 6) is 0. The molecule has 0 aliphatic carbocycles. The maximum atomic E-state index is 12.8. The summed E-state index contributed by atoms with van der Waals surface area (Å²) in [6.07, 6.45) is 4.38. The van der Waals surface area contributed by atoms with Crippen molar-refractivity contribution in [1.29, 1.82) is 0 Å². The van der Waals surface area contributed by atoms with Crippen LogP contribution in [0.15, 0.2) is 39.0 Å². The highest BCUT2D eigenvalue weighted by molar-refractivity contribution is 7.89. The monoisotopic (exact) mass is 379 g/mol. The molecule has 2 aromatic heterocycles. The van der Waals surface area contributed by atoms with E-state index in [1.807, 2.05) is 17.1 Å². The molecule has 0 unspecified atom stereocenters. The third-order valence-corrected chi connectivity index (χ3v) is 6.52. The molecule has 0 aromatic carbocycles. The summed E-state index contributed by atoms with van der Waals surface area (Å²) in [6, 6.07) is 3.93. The maximum absolute atomic E-state index is 12.8. The minimum absolute atomic E-state index is 0.0545. The maximum Gasteiger partial charge on any atom is 0.325 e. The third-order valence-electron chi connectivity index (χ3n) is 4.47. The Morgan fingerprint density at radius 1 is 1.08 bits per heavy atom. The minimum atomic E-state index is -3.95. The van der Waals surface area contributed by atoms with Crippen LogP contribution in [0.25, 0.3) is 0 Å². The van der Waals surface area contributed by atoms with Crippen LogP contribution in [0.5, 0.6) is 0 Å². The quantitative estimate of drug-likeness (QED) is 0.710. The first-order valence-corrected chi connectivity index (χ1v) is 9.76. The molecule has 2 N–H and O–H groups in total. The summed E-state index contributed by atoms with van der Waals surface area (Å²) in [5, 5.41) is 0. The van der Waals surface area contributed by atoms with Crippen molar-refractivity contribution in [3.63, 3.8) is 0 Å². The molecule has 3 rings (SSSR count). The first-order chi connectivity index (χ1) is 12.4. The van der Waals surface area contributed by atoms with E-state index in [0.29, 0.717) is 26.2 Å². The topological polar surface area (TPSA) is 119 Å². The highest BCUT2D eigenvalue weighted by Gasteiger charge is 2.32. The van der Waals surface area contributed by atoms with E-state index in [1.165, 1.54) is 16.8 Å². The number of piperazine rings is 1. The van der Waals surface area contributed by atoms with Gasteiger partial charge in [-0.1, -0.05) is 0 Å². The van der Waals surface area contributed by atoms with E-state index in [0.717, 1.165) is 13.0 Å². The molecule has 0 spiro atoms. The number of aromatic nitrogens is 3. The van der Waals surface area contributed by atoms with Gasteiger partial charge in [0.1, 0.15) is 0 Å². The number of hydrogen-bond donors (Lipinski definition) is 2. The minimum Gasteiger partial charge on any atom is -0.310 e. The van der Waals surface area contributed by atoms with Crippen LogP contribution in [-0.4, -0.2) is 65.3 Å². The van der Waals surface area contributed by atoms with Crippen molar-refractivity contribution in [2.24, 2.45) is 0 Å². The van der Waals surface area contributed by atoms with Gasteiger partial charge in [0.25, 0.3) is 5.56 Å². The van der Waals surface area contributed by atoms with Crippen LogP contribution >= 0.6 is 0 Å². The second-order valence-corrected chi connectivity index (χ2v) is 8.09. The number of pyridine rings is 1. The Kier molecular flexibility index (Phi) is 5.35. The molecule has 140 valence electrons. The van der Waals surface area contributed by atoms with Crippen molar-refractivity contribution >= 4 is 10.0 Å². The summed E-state index contributed by atoms with van der Waals surface area (Å²) in [7, 11) is -3.95. The van der Waals surface area contributed by atoms with Crippen LogP contribution < -0.4 is 11.2 Å². The lowest BCUT2D eigenvalue weighted by atomic mass is 10.2. The standard InChI is InChI=1S/C16H21N5O4S/c1-12-14(15(22)19-16(23)18-12)26(24,25)21-10-8-20(9-11-21)7-4-13-2-5-17-6-3-13/h2-3,5-6H,4,7-11H2,1H3,(H2,18,19,22,23). The number of hydrogen-bond acceptors (Lipinski definition) is 6. The van der Waals surface area contributed by atoms with Crippen LogP contribution in [-0.2, 0) is 16.4 Å². The molecule has 0 atom stereocenters. The molecule has 2 aromatic rings. The molecule has 1 fully saturated rings. The largest absolute Gasteiger partial charge is 0.325 e. The van der Waals surface area contributed by atoms with Gasteiger partial charge in [-0.25, -0.2) is 13.2 Å². The number of rotatable bonds is 5. The van der Waals surface area contributed by atoms with Crippen LogP contribution in [0.2, 0.25) is 0 Å². The molecule has 0 amide bonds. The predicted octanol–water partition coefficient (Wildman–Crippen LogP) is -0.684. The van der Waals surface area contributed by atoms with Crippen LogP contribution in [0, 0.1) is 6.92 Å². The van der Waals surface area contributed by atoms with Crippen LogP contribution in [0.3, 0.4) is 0 Å². The highest BCUT2D eigenvalue weighted by atomic mass is 32.2. The van der Waals surface area contributed by atoms with Crippen LogP contribution in [0.1, 0.15) is 11.3 Å². The van der Waals surface area contributed by atoms with Gasteiger partial charge in [0.05, 0.1) is 0 Å². The number of nitrogens with one attached hydrogen (secondary N) is 2. The molecule has 0 bridgehead atoms. The van der Waals surface area contributed by atoms with Gasteiger partial charge in [-0.2, -0.15) is 4.31 Å². The lowest BCUT2D eigenvalue weighted by Gasteiger charge is -2.33. The summed E-state index contributed by atoms with van der Waals surface area (Å²) in [4.78, 5) is 33.4. The summed E-state index contributed by atoms with van der Waals surface area (Å²) < 4.78 is 26.9. The van der Waals surface area contributed by atoms with Crippen molar-refractivity contribution < 1.29 is 8.42 Å². The molecule has 1 saturated heterocycles. The van der Waals surface area contributed by atoms with Gasteiger partial charge in [-0.3, -0.25) is 14.8 Å². The molecular weight excluding hydrogens is 358 g/mol. The van der Waals surface area contributed by atoms with Gasteiger partial charge >= 0.3 is 5.69 Å². The number of aromatic amines is 2. The molecule has 1 aliphatic rings. The molecule has 26 heavy (non-hydrogen) atoms. The van der Waals surface area contributed by atoms with Crippen molar-refractivity contribution in [1.82, 2.24) is 24.2 Å². The second kappa shape index (κ2) is 7.52. The van der Waals surface area contributed by atoms with Crippen molar-refractivity contribution in [3.05, 3.63) is 56.6 Å². The van der Waals surface area contributed by atoms with Gasteiger partial charge in [-0.05, 0) is 31.0 Å². The number of sulfonamides is 1. The van der Waals surface area contributed by atoms with E-state index >= 15 is 0 Å². The SMILES string of the molecule is Cc1[nH]c(=O)[nH]c(=O)c1S(=O)(=O)N1CCN(CCc2ccncc2)CC1. The molecule has 0 saturated carbocycles. The molecule has 3 heterocycles. The Hall–Kier alpha value is -2.30. The fraction of sp³-hybridized carbons (Fsp3) is 0.438. The second-order valence-electron chi connectivity index (χ2n) is 6.21. The fourth-order valence-corrected chi connectivity index (χ4v) is 4.68. The van der Waals surface area contributed by atoms with Crippen molar-refractivity contribution in [2.45, 2.75) is 18.2 Å². The van der Waals surface area contributed by atoms with E-state index in [4.69, 9.17) is 0 Å². The molecule has 0 radical (unpaired) electrons. The van der Waals surface area contributed by atoms with E-state index in [1.54, 1.807) is 12.4 Å². The number of aryl methyl sites for hydroxylation is 1. The van der Waals surface area contributed by atoms with Crippen molar-refractivity contribution in [2.75, 3.05) is 32.7 Å². The lowest BCUT2D eigenvalue weighted by molar-refractivity contribution is 0.190. The third kappa shape index (κ3) is 3.92. The van der Waals surface area contributed by atoms with Crippen LogP contribution in [0.4, 0.5) is 0 Å². The normalized spacial score (nSPS) is 16.7. The average molecular weight is 379 g/mol. The average Bonchev–Trinajstić information content (AvgIpc) is 2.60. The molecule has 9 nitrogen and oxygen atoms in total. The van der Waals surface area contributed by atoms with Gasteiger partial charge in [-0.15, -0.1) is 0 Å². The Bertz CT molecular complexity index is 976. The zero-order chi connectivity index (χ0) is 18.7. The number of H-pyrrole nitrogens is 2. The van der Waals surface area contributed by atoms with E-state index < -0.39 is 21.3 Å². The summed E-state index contributed by atoms with van der Waals surface area (Å²) in [6.45, 7) is 4.02. The van der Waals surface area contributed by atoms with E-state index in [-0.39, 0.29) is 10.6 Å². The Morgan fingerprint density at radius 3 is 2.35 bits per heavy atom. The van der Waals surface area contributed by atoms with Gasteiger partial charge in [0.15, 0.2) is 4.90 Å².